The van der Waals surface area contributed by atoms with E-state index in [9.17, 15) is 0 Å². The van der Waals surface area contributed by atoms with Crippen LogP contribution in [0.1, 0.15) is 32.1 Å². The van der Waals surface area contributed by atoms with Crippen LogP contribution in [0.15, 0.2) is 0 Å². The molecule has 1 atom stereocenters. The van der Waals surface area contributed by atoms with Gasteiger partial charge in [0.15, 0.2) is 5.79 Å². The predicted molar refractivity (Wildman–Crippen MR) is 45.7 cm³/mol. The molecule has 2 aliphatic rings. The Balaban J connectivity index is 2.08. The van der Waals surface area contributed by atoms with E-state index in [-0.39, 0.29) is 6.04 Å². The summed E-state index contributed by atoms with van der Waals surface area (Å²) in [7, 11) is 0. The second-order valence-electron chi connectivity index (χ2n) is 3.71. The van der Waals surface area contributed by atoms with Gasteiger partial charge >= 0.3 is 0 Å². The van der Waals surface area contributed by atoms with E-state index in [1.54, 1.807) is 0 Å². The molecule has 3 heteroatoms. The summed E-state index contributed by atoms with van der Waals surface area (Å²) in [4.78, 5) is 0. The first kappa shape index (κ1) is 8.48. The molecule has 1 spiro atoms. The van der Waals surface area contributed by atoms with Gasteiger partial charge in [0.25, 0.3) is 0 Å². The highest BCUT2D eigenvalue weighted by molar-refractivity contribution is 4.87. The average molecular weight is 171 g/mol. The maximum absolute atomic E-state index is 6.02. The van der Waals surface area contributed by atoms with Crippen molar-refractivity contribution in [3.05, 3.63) is 0 Å². The second kappa shape index (κ2) is 3.32. The van der Waals surface area contributed by atoms with Crippen molar-refractivity contribution in [2.75, 3.05) is 13.2 Å². The minimum atomic E-state index is -0.406. The summed E-state index contributed by atoms with van der Waals surface area (Å²) in [5.41, 5.74) is 6.02. The molecule has 0 amide bonds. The lowest BCUT2D eigenvalue weighted by Gasteiger charge is -2.31. The zero-order valence-corrected chi connectivity index (χ0v) is 7.42. The van der Waals surface area contributed by atoms with Gasteiger partial charge in [0.1, 0.15) is 0 Å². The van der Waals surface area contributed by atoms with Crippen LogP contribution >= 0.6 is 0 Å². The maximum atomic E-state index is 6.02. The molecule has 1 aliphatic carbocycles. The Hall–Kier alpha value is -0.120. The SMILES string of the molecule is N[C@H]1CCCCCC12OCCO2. The van der Waals surface area contributed by atoms with Crippen molar-refractivity contribution in [3.8, 4) is 0 Å². The minimum Gasteiger partial charge on any atom is -0.346 e. The topological polar surface area (TPSA) is 44.5 Å². The quantitative estimate of drug-likeness (QED) is 0.592. The monoisotopic (exact) mass is 171 g/mol. The van der Waals surface area contributed by atoms with E-state index in [1.807, 2.05) is 0 Å². The van der Waals surface area contributed by atoms with Crippen molar-refractivity contribution in [2.24, 2.45) is 5.73 Å². The molecule has 1 aliphatic heterocycles. The van der Waals surface area contributed by atoms with Crippen molar-refractivity contribution >= 4 is 0 Å². The molecule has 2 rings (SSSR count). The van der Waals surface area contributed by atoms with Crippen LogP contribution in [0.3, 0.4) is 0 Å². The van der Waals surface area contributed by atoms with Gasteiger partial charge < -0.3 is 15.2 Å². The van der Waals surface area contributed by atoms with Gasteiger partial charge in [0.05, 0.1) is 19.3 Å². The first-order valence-electron chi connectivity index (χ1n) is 4.87. The van der Waals surface area contributed by atoms with E-state index < -0.39 is 5.79 Å². The van der Waals surface area contributed by atoms with Crippen LogP contribution in [0.25, 0.3) is 0 Å². The third-order valence-electron chi connectivity index (χ3n) is 2.88. The number of rotatable bonds is 0. The molecule has 0 aromatic heterocycles. The van der Waals surface area contributed by atoms with Crippen molar-refractivity contribution in [3.63, 3.8) is 0 Å². The lowest BCUT2D eigenvalue weighted by atomic mass is 10.0. The highest BCUT2D eigenvalue weighted by Gasteiger charge is 2.42. The molecular weight excluding hydrogens is 154 g/mol. The average Bonchev–Trinajstić information content (AvgIpc) is 2.45. The fourth-order valence-corrected chi connectivity index (χ4v) is 2.15. The molecule has 1 heterocycles. The summed E-state index contributed by atoms with van der Waals surface area (Å²) >= 11 is 0. The van der Waals surface area contributed by atoms with E-state index >= 15 is 0 Å². The Kier molecular flexibility index (Phi) is 2.35. The molecule has 0 unspecified atom stereocenters. The Morgan fingerprint density at radius 1 is 1.08 bits per heavy atom. The standard InChI is InChI=1S/C9H17NO2/c10-8-4-2-1-3-5-9(8)11-6-7-12-9/h8H,1-7,10H2/t8-/m0/s1. The lowest BCUT2D eigenvalue weighted by molar-refractivity contribution is -0.175. The van der Waals surface area contributed by atoms with Crippen LogP contribution < -0.4 is 5.73 Å². The summed E-state index contributed by atoms with van der Waals surface area (Å²) in [6.45, 7) is 1.43. The molecule has 1 saturated carbocycles. The first-order valence-corrected chi connectivity index (χ1v) is 4.87. The molecule has 2 fully saturated rings. The van der Waals surface area contributed by atoms with Crippen molar-refractivity contribution in [1.29, 1.82) is 0 Å². The van der Waals surface area contributed by atoms with Crippen molar-refractivity contribution in [1.82, 2.24) is 0 Å². The largest absolute Gasteiger partial charge is 0.346 e. The van der Waals surface area contributed by atoms with E-state index in [0.717, 1.165) is 12.8 Å². The maximum Gasteiger partial charge on any atom is 0.183 e. The van der Waals surface area contributed by atoms with Crippen LogP contribution in [-0.2, 0) is 9.47 Å². The zero-order valence-electron chi connectivity index (χ0n) is 7.42. The third-order valence-corrected chi connectivity index (χ3v) is 2.88. The fraction of sp³-hybridized carbons (Fsp3) is 1.00. The Morgan fingerprint density at radius 2 is 1.83 bits per heavy atom. The molecule has 2 N–H and O–H groups in total. The molecule has 0 aromatic rings. The van der Waals surface area contributed by atoms with E-state index in [2.05, 4.69) is 0 Å². The van der Waals surface area contributed by atoms with Gasteiger partial charge in [-0.25, -0.2) is 0 Å². The van der Waals surface area contributed by atoms with Crippen molar-refractivity contribution < 1.29 is 9.47 Å². The van der Waals surface area contributed by atoms with Crippen LogP contribution in [0.5, 0.6) is 0 Å². The Bertz CT molecular complexity index is 155. The highest BCUT2D eigenvalue weighted by Crippen LogP contribution is 2.33. The Morgan fingerprint density at radius 3 is 2.58 bits per heavy atom. The molecule has 0 radical (unpaired) electrons. The van der Waals surface area contributed by atoms with Gasteiger partial charge in [-0.05, 0) is 12.8 Å². The summed E-state index contributed by atoms with van der Waals surface area (Å²) in [5, 5.41) is 0. The van der Waals surface area contributed by atoms with E-state index in [1.165, 1.54) is 19.3 Å². The predicted octanol–water partition coefficient (Wildman–Crippen LogP) is 1.02. The van der Waals surface area contributed by atoms with Gasteiger partial charge in [-0.3, -0.25) is 0 Å². The lowest BCUT2D eigenvalue weighted by Crippen LogP contribution is -2.48. The van der Waals surface area contributed by atoms with E-state index in [4.69, 9.17) is 15.2 Å². The Labute approximate surface area is 73.2 Å². The van der Waals surface area contributed by atoms with Gasteiger partial charge in [-0.2, -0.15) is 0 Å². The smallest absolute Gasteiger partial charge is 0.183 e. The van der Waals surface area contributed by atoms with Crippen LogP contribution in [-0.4, -0.2) is 25.0 Å². The van der Waals surface area contributed by atoms with Gasteiger partial charge in [0.2, 0.25) is 0 Å². The van der Waals surface area contributed by atoms with Gasteiger partial charge in [-0.15, -0.1) is 0 Å². The number of nitrogens with two attached hydrogens (primary N) is 1. The molecule has 12 heavy (non-hydrogen) atoms. The van der Waals surface area contributed by atoms with Crippen molar-refractivity contribution in [2.45, 2.75) is 43.9 Å². The van der Waals surface area contributed by atoms with Gasteiger partial charge in [-0.1, -0.05) is 12.8 Å². The molecular formula is C9H17NO2. The number of hydrogen-bond donors (Lipinski definition) is 1. The molecule has 70 valence electrons. The minimum absolute atomic E-state index is 0.0856. The zero-order chi connectivity index (χ0) is 8.44. The van der Waals surface area contributed by atoms with Crippen LogP contribution in [0.4, 0.5) is 0 Å². The number of ether oxygens (including phenoxy) is 2. The third kappa shape index (κ3) is 1.37. The highest BCUT2D eigenvalue weighted by atomic mass is 16.7. The number of hydrogen-bond acceptors (Lipinski definition) is 3. The molecule has 0 bridgehead atoms. The normalized spacial score (nSPS) is 35.2. The summed E-state index contributed by atoms with van der Waals surface area (Å²) in [5.74, 6) is -0.406. The first-order chi connectivity index (χ1) is 5.83. The summed E-state index contributed by atoms with van der Waals surface area (Å²) in [6.07, 6.45) is 5.69. The second-order valence-corrected chi connectivity index (χ2v) is 3.71. The van der Waals surface area contributed by atoms with Crippen LogP contribution in [0.2, 0.25) is 0 Å². The summed E-state index contributed by atoms with van der Waals surface area (Å²) in [6, 6.07) is 0.0856. The van der Waals surface area contributed by atoms with Crippen LogP contribution in [0, 0.1) is 0 Å². The summed E-state index contributed by atoms with van der Waals surface area (Å²) < 4.78 is 11.3. The molecule has 3 nitrogen and oxygen atoms in total. The fourth-order valence-electron chi connectivity index (χ4n) is 2.15. The molecule has 1 saturated heterocycles. The van der Waals surface area contributed by atoms with E-state index in [0.29, 0.717) is 13.2 Å². The van der Waals surface area contributed by atoms with Gasteiger partial charge in [0, 0.05) is 6.42 Å². The molecule has 0 aromatic carbocycles.